The van der Waals surface area contributed by atoms with E-state index in [1.807, 2.05) is 62.9 Å². The standard InChI is InChI=1S/C16H20N2O2/c1-11-9-14(12-7-5-6-8-13(12)17-11)18(10-15(19)20)16(2,3)4/h5-9H,10H2,1-4H3,(H,19,20). The van der Waals surface area contributed by atoms with Crippen molar-refractivity contribution in [3.63, 3.8) is 0 Å². The van der Waals surface area contributed by atoms with Gasteiger partial charge in [0.25, 0.3) is 0 Å². The van der Waals surface area contributed by atoms with Crippen LogP contribution in [0, 0.1) is 6.92 Å². The van der Waals surface area contributed by atoms with E-state index >= 15 is 0 Å². The molecule has 0 bridgehead atoms. The lowest BCUT2D eigenvalue weighted by Gasteiger charge is -2.37. The molecule has 1 aromatic carbocycles. The Kier molecular flexibility index (Phi) is 3.66. The van der Waals surface area contributed by atoms with E-state index in [4.69, 9.17) is 0 Å². The molecule has 0 aliphatic heterocycles. The molecule has 4 heteroatoms. The number of aromatic nitrogens is 1. The Bertz CT molecular complexity index is 644. The highest BCUT2D eigenvalue weighted by Gasteiger charge is 2.25. The van der Waals surface area contributed by atoms with Gasteiger partial charge in [-0.3, -0.25) is 9.78 Å². The first kappa shape index (κ1) is 14.3. The van der Waals surface area contributed by atoms with Crippen LogP contribution in [-0.4, -0.2) is 28.1 Å². The smallest absolute Gasteiger partial charge is 0.323 e. The van der Waals surface area contributed by atoms with Crippen molar-refractivity contribution in [1.82, 2.24) is 4.98 Å². The third kappa shape index (κ3) is 2.90. The zero-order valence-corrected chi connectivity index (χ0v) is 12.3. The summed E-state index contributed by atoms with van der Waals surface area (Å²) in [4.78, 5) is 17.6. The first-order valence-electron chi connectivity index (χ1n) is 6.65. The molecular formula is C16H20N2O2. The number of hydrogen-bond acceptors (Lipinski definition) is 3. The Labute approximate surface area is 119 Å². The number of aryl methyl sites for hydroxylation is 1. The molecule has 1 aromatic heterocycles. The minimum atomic E-state index is -0.835. The van der Waals surface area contributed by atoms with Crippen LogP contribution in [0.4, 0.5) is 5.69 Å². The normalized spacial score (nSPS) is 11.6. The maximum atomic E-state index is 11.2. The maximum absolute atomic E-state index is 11.2. The molecule has 2 rings (SSSR count). The van der Waals surface area contributed by atoms with Crippen LogP contribution < -0.4 is 4.90 Å². The van der Waals surface area contributed by atoms with E-state index in [0.29, 0.717) is 0 Å². The van der Waals surface area contributed by atoms with Crippen LogP contribution in [0.1, 0.15) is 26.5 Å². The monoisotopic (exact) mass is 272 g/mol. The van der Waals surface area contributed by atoms with Crippen molar-refractivity contribution in [1.29, 1.82) is 0 Å². The molecule has 0 radical (unpaired) electrons. The fourth-order valence-electron chi connectivity index (χ4n) is 2.33. The molecule has 0 amide bonds. The fraction of sp³-hybridized carbons (Fsp3) is 0.375. The quantitative estimate of drug-likeness (QED) is 0.932. The Morgan fingerprint density at radius 1 is 1.30 bits per heavy atom. The third-order valence-corrected chi connectivity index (χ3v) is 3.22. The van der Waals surface area contributed by atoms with Crippen LogP contribution in [0.2, 0.25) is 0 Å². The van der Waals surface area contributed by atoms with E-state index < -0.39 is 5.97 Å². The summed E-state index contributed by atoms with van der Waals surface area (Å²) in [6.45, 7) is 7.94. The predicted octanol–water partition coefficient (Wildman–Crippen LogP) is 3.23. The van der Waals surface area contributed by atoms with Gasteiger partial charge in [-0.15, -0.1) is 0 Å². The number of hydrogen-bond donors (Lipinski definition) is 1. The first-order valence-corrected chi connectivity index (χ1v) is 6.65. The molecule has 4 nitrogen and oxygen atoms in total. The topological polar surface area (TPSA) is 53.4 Å². The molecule has 0 saturated carbocycles. The number of nitrogens with zero attached hydrogens (tertiary/aromatic N) is 2. The van der Waals surface area contributed by atoms with Gasteiger partial charge in [-0.25, -0.2) is 0 Å². The molecule has 0 saturated heterocycles. The summed E-state index contributed by atoms with van der Waals surface area (Å²) in [7, 11) is 0. The Balaban J connectivity index is 2.66. The number of pyridine rings is 1. The molecule has 0 aliphatic rings. The van der Waals surface area contributed by atoms with Crippen molar-refractivity contribution in [3.8, 4) is 0 Å². The highest BCUT2D eigenvalue weighted by Crippen LogP contribution is 2.31. The number of carboxylic acids is 1. The van der Waals surface area contributed by atoms with Crippen LogP contribution in [0.5, 0.6) is 0 Å². The highest BCUT2D eigenvalue weighted by molar-refractivity contribution is 5.93. The van der Waals surface area contributed by atoms with Gasteiger partial charge in [0, 0.05) is 22.3 Å². The van der Waals surface area contributed by atoms with E-state index in [0.717, 1.165) is 22.3 Å². The lowest BCUT2D eigenvalue weighted by atomic mass is 10.0. The van der Waals surface area contributed by atoms with Crippen molar-refractivity contribution in [2.45, 2.75) is 33.2 Å². The molecule has 0 unspecified atom stereocenters. The van der Waals surface area contributed by atoms with Crippen LogP contribution in [0.15, 0.2) is 30.3 Å². The van der Waals surface area contributed by atoms with Gasteiger partial charge in [0.2, 0.25) is 0 Å². The molecule has 20 heavy (non-hydrogen) atoms. The van der Waals surface area contributed by atoms with E-state index in [-0.39, 0.29) is 12.1 Å². The number of carboxylic acid groups (broad SMARTS) is 1. The second-order valence-electron chi connectivity index (χ2n) is 5.95. The lowest BCUT2D eigenvalue weighted by Crippen LogP contribution is -2.44. The molecule has 106 valence electrons. The number of benzene rings is 1. The Morgan fingerprint density at radius 3 is 2.55 bits per heavy atom. The van der Waals surface area contributed by atoms with Crippen molar-refractivity contribution in [2.75, 3.05) is 11.4 Å². The third-order valence-electron chi connectivity index (χ3n) is 3.22. The van der Waals surface area contributed by atoms with E-state index in [1.54, 1.807) is 0 Å². The van der Waals surface area contributed by atoms with Crippen LogP contribution in [0.3, 0.4) is 0 Å². The van der Waals surface area contributed by atoms with E-state index in [1.165, 1.54) is 0 Å². The Morgan fingerprint density at radius 2 is 1.95 bits per heavy atom. The van der Waals surface area contributed by atoms with Gasteiger partial charge in [-0.05, 0) is 39.8 Å². The summed E-state index contributed by atoms with van der Waals surface area (Å²) in [6, 6.07) is 9.78. The number of rotatable bonds is 3. The van der Waals surface area contributed by atoms with E-state index in [9.17, 15) is 9.90 Å². The van der Waals surface area contributed by atoms with Gasteiger partial charge in [0.15, 0.2) is 0 Å². The molecule has 2 aromatic rings. The number of para-hydroxylation sites is 1. The SMILES string of the molecule is Cc1cc(N(CC(=O)O)C(C)(C)C)c2ccccc2n1. The number of anilines is 1. The lowest BCUT2D eigenvalue weighted by molar-refractivity contribution is -0.135. The highest BCUT2D eigenvalue weighted by atomic mass is 16.4. The maximum Gasteiger partial charge on any atom is 0.323 e. The average Bonchev–Trinajstić information content (AvgIpc) is 2.33. The van der Waals surface area contributed by atoms with Gasteiger partial charge in [-0.1, -0.05) is 18.2 Å². The summed E-state index contributed by atoms with van der Waals surface area (Å²) in [5.74, 6) is -0.835. The van der Waals surface area contributed by atoms with Crippen molar-refractivity contribution in [3.05, 3.63) is 36.0 Å². The van der Waals surface area contributed by atoms with Gasteiger partial charge < -0.3 is 10.0 Å². The second-order valence-corrected chi connectivity index (χ2v) is 5.95. The number of fused-ring (bicyclic) bond motifs is 1. The van der Waals surface area contributed by atoms with Gasteiger partial charge in [-0.2, -0.15) is 0 Å². The van der Waals surface area contributed by atoms with Gasteiger partial charge in [0.1, 0.15) is 6.54 Å². The van der Waals surface area contributed by atoms with Gasteiger partial charge in [0.05, 0.1) is 5.52 Å². The molecule has 0 atom stereocenters. The summed E-state index contributed by atoms with van der Waals surface area (Å²) >= 11 is 0. The molecular weight excluding hydrogens is 252 g/mol. The zero-order valence-electron chi connectivity index (χ0n) is 12.3. The zero-order chi connectivity index (χ0) is 14.9. The Hall–Kier alpha value is -2.10. The predicted molar refractivity (Wildman–Crippen MR) is 81.2 cm³/mol. The first-order chi connectivity index (χ1) is 9.29. The van der Waals surface area contributed by atoms with Crippen LogP contribution >= 0.6 is 0 Å². The minimum absolute atomic E-state index is 0.0308. The average molecular weight is 272 g/mol. The summed E-state index contributed by atoms with van der Waals surface area (Å²) in [6.07, 6.45) is 0. The molecule has 0 aliphatic carbocycles. The van der Waals surface area contributed by atoms with Crippen LogP contribution in [0.25, 0.3) is 10.9 Å². The summed E-state index contributed by atoms with van der Waals surface area (Å²) in [5, 5.41) is 10.2. The minimum Gasteiger partial charge on any atom is -0.480 e. The molecule has 0 spiro atoms. The van der Waals surface area contributed by atoms with Crippen molar-refractivity contribution < 1.29 is 9.90 Å². The second kappa shape index (κ2) is 5.12. The van der Waals surface area contributed by atoms with Crippen LogP contribution in [-0.2, 0) is 4.79 Å². The van der Waals surface area contributed by atoms with E-state index in [2.05, 4.69) is 4.98 Å². The summed E-state index contributed by atoms with van der Waals surface area (Å²) < 4.78 is 0. The summed E-state index contributed by atoms with van der Waals surface area (Å²) in [5.41, 5.74) is 2.41. The number of aliphatic carboxylic acids is 1. The van der Waals surface area contributed by atoms with Crippen molar-refractivity contribution >= 4 is 22.6 Å². The molecule has 0 fully saturated rings. The van der Waals surface area contributed by atoms with Gasteiger partial charge >= 0.3 is 5.97 Å². The largest absolute Gasteiger partial charge is 0.480 e. The molecule has 1 N–H and O–H groups in total. The van der Waals surface area contributed by atoms with Crippen molar-refractivity contribution in [2.24, 2.45) is 0 Å². The fourth-order valence-corrected chi connectivity index (χ4v) is 2.33. The number of carbonyl (C=O) groups is 1. The molecule has 1 heterocycles.